The van der Waals surface area contributed by atoms with E-state index < -0.39 is 5.60 Å². The zero-order chi connectivity index (χ0) is 16.7. The molecule has 1 aliphatic carbocycles. The lowest BCUT2D eigenvalue weighted by molar-refractivity contribution is 0.00737. The lowest BCUT2D eigenvalue weighted by Gasteiger charge is -2.43. The first-order valence-electron chi connectivity index (χ1n) is 8.30. The van der Waals surface area contributed by atoms with Crippen molar-refractivity contribution in [1.82, 2.24) is 9.62 Å². The van der Waals surface area contributed by atoms with E-state index in [9.17, 15) is 4.79 Å². The number of hydrogen-bond donors (Lipinski definition) is 2. The Kier molecular flexibility index (Phi) is 4.36. The molecule has 5 heteroatoms. The van der Waals surface area contributed by atoms with Crippen LogP contribution in [0.15, 0.2) is 24.3 Å². The minimum absolute atomic E-state index is 0.157. The number of likely N-dealkylation sites (tertiary alicyclic amines) is 1. The molecule has 0 radical (unpaired) electrons. The van der Waals surface area contributed by atoms with E-state index >= 15 is 0 Å². The minimum Gasteiger partial charge on any atom is -0.444 e. The predicted molar refractivity (Wildman–Crippen MR) is 94.5 cm³/mol. The summed E-state index contributed by atoms with van der Waals surface area (Å²) in [4.78, 5) is 14.1. The molecule has 1 aliphatic heterocycles. The molecule has 4 nitrogen and oxygen atoms in total. The first kappa shape index (κ1) is 16.7. The number of carbonyl (C=O) groups excluding carboxylic acids is 1. The van der Waals surface area contributed by atoms with Gasteiger partial charge in [-0.05, 0) is 56.6 Å². The Bertz CT molecular complexity index is 589. The molecule has 1 spiro atoms. The lowest BCUT2D eigenvalue weighted by Crippen LogP contribution is -2.47. The molecule has 23 heavy (non-hydrogen) atoms. The molecule has 1 amide bonds. The number of hydrogen-bond acceptors (Lipinski definition) is 4. The van der Waals surface area contributed by atoms with Gasteiger partial charge in [0.15, 0.2) is 0 Å². The van der Waals surface area contributed by atoms with Crippen molar-refractivity contribution in [3.8, 4) is 0 Å². The van der Waals surface area contributed by atoms with Gasteiger partial charge in [-0.2, -0.15) is 0 Å². The quantitative estimate of drug-likeness (QED) is 0.769. The first-order valence-corrected chi connectivity index (χ1v) is 8.75. The van der Waals surface area contributed by atoms with Crippen LogP contribution in [0.1, 0.15) is 50.8 Å². The van der Waals surface area contributed by atoms with Gasteiger partial charge >= 0.3 is 6.09 Å². The maximum Gasteiger partial charge on any atom is 0.410 e. The second-order valence-electron chi connectivity index (χ2n) is 7.77. The van der Waals surface area contributed by atoms with E-state index in [0.717, 1.165) is 32.4 Å². The van der Waals surface area contributed by atoms with Crippen molar-refractivity contribution < 1.29 is 9.53 Å². The molecule has 1 heterocycles. The van der Waals surface area contributed by atoms with Crippen LogP contribution < -0.4 is 4.72 Å². The fraction of sp³-hybridized carbons (Fsp3) is 0.611. The molecule has 1 aromatic carbocycles. The molecule has 1 atom stereocenters. The maximum atomic E-state index is 12.3. The summed E-state index contributed by atoms with van der Waals surface area (Å²) in [6.07, 6.45) is 2.81. The van der Waals surface area contributed by atoms with Gasteiger partial charge < -0.3 is 9.64 Å². The molecule has 126 valence electrons. The standard InChI is InChI=1S/C18H26N2O2S/c1-17(2,3)22-16(21)20-10-8-18(9-11-20)12-13-6-4-5-7-14(13)15(18)19-23/h4-7,15,19,23H,8-12H2,1-3H3. The normalized spacial score (nSPS) is 23.0. The van der Waals surface area contributed by atoms with Crippen LogP contribution in [0.2, 0.25) is 0 Å². The summed E-state index contributed by atoms with van der Waals surface area (Å²) in [6, 6.07) is 8.85. The molecule has 1 fully saturated rings. The Morgan fingerprint density at radius 2 is 1.96 bits per heavy atom. The molecule has 1 unspecified atom stereocenters. The SMILES string of the molecule is CC(C)(C)OC(=O)N1CCC2(CC1)Cc1ccccc1C2NS. The third-order valence-electron chi connectivity index (χ3n) is 5.06. The molecule has 2 aliphatic rings. The Labute approximate surface area is 144 Å². The number of thiol groups is 1. The van der Waals surface area contributed by atoms with Crippen LogP contribution in [0.3, 0.4) is 0 Å². The third kappa shape index (κ3) is 3.22. The van der Waals surface area contributed by atoms with Gasteiger partial charge in [0.05, 0.1) is 0 Å². The molecule has 1 aromatic rings. The number of piperidine rings is 1. The molecule has 0 saturated carbocycles. The van der Waals surface area contributed by atoms with Crippen molar-refractivity contribution in [2.75, 3.05) is 13.1 Å². The number of amides is 1. The van der Waals surface area contributed by atoms with Crippen LogP contribution in [0.25, 0.3) is 0 Å². The minimum atomic E-state index is -0.439. The summed E-state index contributed by atoms with van der Waals surface area (Å²) >= 11 is 4.39. The zero-order valence-corrected chi connectivity index (χ0v) is 15.0. The number of carbonyl (C=O) groups is 1. The zero-order valence-electron chi connectivity index (χ0n) is 14.1. The molecule has 1 saturated heterocycles. The molecular formula is C18H26N2O2S. The summed E-state index contributed by atoms with van der Waals surface area (Å²) in [5.41, 5.74) is 2.48. The second kappa shape index (κ2) is 6.02. The van der Waals surface area contributed by atoms with Crippen molar-refractivity contribution in [2.24, 2.45) is 5.41 Å². The van der Waals surface area contributed by atoms with Crippen molar-refractivity contribution in [3.63, 3.8) is 0 Å². The van der Waals surface area contributed by atoms with Crippen molar-refractivity contribution in [2.45, 2.75) is 51.7 Å². The van der Waals surface area contributed by atoms with E-state index in [0.29, 0.717) is 0 Å². The van der Waals surface area contributed by atoms with E-state index in [1.54, 1.807) is 0 Å². The van der Waals surface area contributed by atoms with Crippen LogP contribution >= 0.6 is 12.8 Å². The Hall–Kier alpha value is -1.20. The van der Waals surface area contributed by atoms with Crippen molar-refractivity contribution in [1.29, 1.82) is 0 Å². The van der Waals surface area contributed by atoms with E-state index in [-0.39, 0.29) is 17.6 Å². The molecule has 0 aromatic heterocycles. The second-order valence-corrected chi connectivity index (χ2v) is 8.03. The summed E-state index contributed by atoms with van der Waals surface area (Å²) in [7, 11) is 0. The highest BCUT2D eigenvalue weighted by atomic mass is 32.1. The average molecular weight is 334 g/mol. The molecule has 3 rings (SSSR count). The van der Waals surface area contributed by atoms with Crippen molar-refractivity contribution in [3.05, 3.63) is 35.4 Å². The summed E-state index contributed by atoms with van der Waals surface area (Å²) in [5, 5.41) is 0. The molecular weight excluding hydrogens is 308 g/mol. The average Bonchev–Trinajstić information content (AvgIpc) is 2.78. The number of benzene rings is 1. The molecule has 0 bridgehead atoms. The van der Waals surface area contributed by atoms with Gasteiger partial charge in [0.1, 0.15) is 5.60 Å². The number of ether oxygens (including phenoxy) is 1. The smallest absolute Gasteiger partial charge is 0.410 e. The number of nitrogens with zero attached hydrogens (tertiary/aromatic N) is 1. The largest absolute Gasteiger partial charge is 0.444 e. The molecule has 1 N–H and O–H groups in total. The number of fused-ring (bicyclic) bond motifs is 1. The Morgan fingerprint density at radius 3 is 2.57 bits per heavy atom. The van der Waals surface area contributed by atoms with Crippen LogP contribution in [-0.2, 0) is 11.2 Å². The first-order chi connectivity index (χ1) is 10.8. The predicted octanol–water partition coefficient (Wildman–Crippen LogP) is 3.74. The van der Waals surface area contributed by atoms with Crippen molar-refractivity contribution >= 4 is 18.9 Å². The van der Waals surface area contributed by atoms with Crippen LogP contribution in [-0.4, -0.2) is 29.7 Å². The topological polar surface area (TPSA) is 41.6 Å². The van der Waals surface area contributed by atoms with E-state index in [1.807, 2.05) is 25.7 Å². The highest BCUT2D eigenvalue weighted by molar-refractivity contribution is 7.78. The van der Waals surface area contributed by atoms with E-state index in [2.05, 4.69) is 41.8 Å². The van der Waals surface area contributed by atoms with Gasteiger partial charge in [-0.25, -0.2) is 4.79 Å². The van der Waals surface area contributed by atoms with Gasteiger partial charge in [-0.15, -0.1) is 0 Å². The van der Waals surface area contributed by atoms with E-state index in [4.69, 9.17) is 4.74 Å². The highest BCUT2D eigenvalue weighted by Crippen LogP contribution is 2.52. The van der Waals surface area contributed by atoms with Gasteiger partial charge in [0.2, 0.25) is 0 Å². The number of rotatable bonds is 1. The fourth-order valence-electron chi connectivity index (χ4n) is 3.92. The highest BCUT2D eigenvalue weighted by Gasteiger charge is 2.47. The summed E-state index contributed by atoms with van der Waals surface area (Å²) < 4.78 is 8.72. The van der Waals surface area contributed by atoms with Crippen LogP contribution in [0.4, 0.5) is 4.79 Å². The van der Waals surface area contributed by atoms with E-state index in [1.165, 1.54) is 11.1 Å². The van der Waals surface area contributed by atoms with Gasteiger partial charge in [0.25, 0.3) is 0 Å². The van der Waals surface area contributed by atoms with Gasteiger partial charge in [-0.1, -0.05) is 37.1 Å². The number of nitrogens with one attached hydrogen (secondary N) is 1. The van der Waals surface area contributed by atoms with Crippen LogP contribution in [0, 0.1) is 5.41 Å². The Balaban J connectivity index is 1.70. The fourth-order valence-corrected chi connectivity index (χ4v) is 4.33. The Morgan fingerprint density at radius 1 is 1.30 bits per heavy atom. The lowest BCUT2D eigenvalue weighted by atomic mass is 9.73. The summed E-state index contributed by atoms with van der Waals surface area (Å²) in [6.45, 7) is 7.21. The third-order valence-corrected chi connectivity index (χ3v) is 5.32. The maximum absolute atomic E-state index is 12.3. The van der Waals surface area contributed by atoms with Crippen LogP contribution in [0.5, 0.6) is 0 Å². The summed E-state index contributed by atoms with van der Waals surface area (Å²) in [5.74, 6) is 0. The van der Waals surface area contributed by atoms with Gasteiger partial charge in [-0.3, -0.25) is 4.72 Å². The van der Waals surface area contributed by atoms with Gasteiger partial charge in [0, 0.05) is 19.1 Å². The monoisotopic (exact) mass is 334 g/mol.